The first-order chi connectivity index (χ1) is 24.0. The number of nitrogens with zero attached hydrogens (tertiary/aromatic N) is 2. The molecular formula is C38H43N5O7. The van der Waals surface area contributed by atoms with Crippen LogP contribution in [0.15, 0.2) is 73.1 Å². The number of carbonyl (C=O) groups excluding carboxylic acids is 4. The molecule has 0 spiro atoms. The largest absolute Gasteiger partial charge is 0.426 e. The number of nitrogens with one attached hydrogen (secondary N) is 3. The number of hydrogen-bond acceptors (Lipinski definition) is 9. The van der Waals surface area contributed by atoms with Gasteiger partial charge in [0.15, 0.2) is 0 Å². The van der Waals surface area contributed by atoms with E-state index < -0.39 is 23.9 Å². The van der Waals surface area contributed by atoms with Crippen LogP contribution in [0.4, 0.5) is 0 Å². The predicted molar refractivity (Wildman–Crippen MR) is 191 cm³/mol. The number of hydrogen-bond donors (Lipinski definition) is 3. The first-order valence-electron chi connectivity index (χ1n) is 16.5. The minimum atomic E-state index is -0.570. The lowest BCUT2D eigenvalue weighted by Gasteiger charge is -2.12. The zero-order valence-electron chi connectivity index (χ0n) is 29.0. The van der Waals surface area contributed by atoms with E-state index in [0.717, 1.165) is 58.9 Å². The molecule has 1 aliphatic rings. The topological polar surface area (TPSA) is 146 Å². The van der Waals surface area contributed by atoms with Gasteiger partial charge in [-0.15, -0.1) is 0 Å². The summed E-state index contributed by atoms with van der Waals surface area (Å²) in [7, 11) is 8.08. The van der Waals surface area contributed by atoms with Crippen molar-refractivity contribution in [3.05, 3.63) is 89.7 Å². The second-order valence-electron chi connectivity index (χ2n) is 12.7. The van der Waals surface area contributed by atoms with Crippen LogP contribution < -0.4 is 19.5 Å². The lowest BCUT2D eigenvalue weighted by atomic mass is 10.1. The van der Waals surface area contributed by atoms with E-state index in [9.17, 15) is 19.2 Å². The van der Waals surface area contributed by atoms with E-state index in [0.29, 0.717) is 24.3 Å². The number of esters is 3. The maximum Gasteiger partial charge on any atom is 0.347 e. The summed E-state index contributed by atoms with van der Waals surface area (Å²) in [6.07, 6.45) is 6.46. The molecule has 1 fully saturated rings. The van der Waals surface area contributed by atoms with Gasteiger partial charge in [0.1, 0.15) is 28.9 Å². The Bertz CT molecular complexity index is 1990. The molecule has 3 aromatic carbocycles. The van der Waals surface area contributed by atoms with E-state index >= 15 is 0 Å². The molecule has 2 aromatic heterocycles. The number of likely N-dealkylation sites (N-methyl/N-ethyl adjacent to an activating group) is 2. The van der Waals surface area contributed by atoms with Crippen molar-refractivity contribution in [3.8, 4) is 17.2 Å². The molecule has 1 saturated heterocycles. The Morgan fingerprint density at radius 1 is 0.720 bits per heavy atom. The smallest absolute Gasteiger partial charge is 0.347 e. The molecule has 3 N–H and O–H groups in total. The Hall–Kier alpha value is -5.46. The van der Waals surface area contributed by atoms with Crippen LogP contribution in [0.3, 0.4) is 0 Å². The average molecular weight is 682 g/mol. The summed E-state index contributed by atoms with van der Waals surface area (Å²) in [6, 6.07) is 17.1. The fourth-order valence-electron chi connectivity index (χ4n) is 5.70. The maximum atomic E-state index is 12.7. The zero-order valence-corrected chi connectivity index (χ0v) is 29.0. The van der Waals surface area contributed by atoms with Crippen molar-refractivity contribution in [2.24, 2.45) is 0 Å². The summed E-state index contributed by atoms with van der Waals surface area (Å²) in [6.45, 7) is 3.08. The lowest BCUT2D eigenvalue weighted by Crippen LogP contribution is -2.36. The summed E-state index contributed by atoms with van der Waals surface area (Å²) in [5.41, 5.74) is 4.25. The number of ether oxygens (including phenoxy) is 3. The SMILES string of the molecule is CC(=O)Oc1ccccc1C(=O)Oc1cccc2[nH]cc(CCN(C)C)c12.CN(C)CCc1c[nH]c2cccc(OC(=O)C3CCC(=O)N3)c12. The molecule has 262 valence electrons. The van der Waals surface area contributed by atoms with Crippen LogP contribution in [0.25, 0.3) is 21.8 Å². The minimum Gasteiger partial charge on any atom is -0.426 e. The van der Waals surface area contributed by atoms with Crippen LogP contribution in [0, 0.1) is 0 Å². The van der Waals surface area contributed by atoms with Crippen LogP contribution >= 0.6 is 0 Å². The summed E-state index contributed by atoms with van der Waals surface area (Å²) < 4.78 is 16.4. The third-order valence-electron chi connectivity index (χ3n) is 8.21. The molecule has 0 aliphatic carbocycles. The number of H-pyrrole nitrogens is 2. The van der Waals surface area contributed by atoms with Crippen molar-refractivity contribution in [1.82, 2.24) is 25.1 Å². The van der Waals surface area contributed by atoms with Crippen LogP contribution in [-0.2, 0) is 27.2 Å². The zero-order chi connectivity index (χ0) is 35.8. The van der Waals surface area contributed by atoms with Crippen LogP contribution in [0.1, 0.15) is 41.3 Å². The van der Waals surface area contributed by atoms with Gasteiger partial charge in [0, 0.05) is 60.6 Å². The first kappa shape index (κ1) is 35.8. The van der Waals surface area contributed by atoms with Gasteiger partial charge < -0.3 is 39.3 Å². The number of carbonyl (C=O) groups is 4. The molecule has 12 heteroatoms. The highest BCUT2D eigenvalue weighted by molar-refractivity contribution is 5.98. The first-order valence-corrected chi connectivity index (χ1v) is 16.5. The van der Waals surface area contributed by atoms with E-state index in [2.05, 4.69) is 25.1 Å². The fraction of sp³-hybridized carbons (Fsp3) is 0.316. The van der Waals surface area contributed by atoms with Gasteiger partial charge in [0.05, 0.1) is 0 Å². The third-order valence-corrected chi connectivity index (χ3v) is 8.21. The molecule has 3 heterocycles. The molecule has 0 saturated carbocycles. The second-order valence-corrected chi connectivity index (χ2v) is 12.7. The van der Waals surface area contributed by atoms with E-state index in [1.165, 1.54) is 6.92 Å². The number of rotatable bonds is 11. The number of aromatic nitrogens is 2. The Kier molecular flexibility index (Phi) is 11.7. The molecule has 1 unspecified atom stereocenters. The Morgan fingerprint density at radius 2 is 1.26 bits per heavy atom. The monoisotopic (exact) mass is 681 g/mol. The average Bonchev–Trinajstić information content (AvgIpc) is 3.82. The van der Waals surface area contributed by atoms with Crippen LogP contribution in [0.5, 0.6) is 17.2 Å². The van der Waals surface area contributed by atoms with Gasteiger partial charge in [-0.1, -0.05) is 24.3 Å². The lowest BCUT2D eigenvalue weighted by molar-refractivity contribution is -0.137. The quantitative estimate of drug-likeness (QED) is 0.131. The van der Waals surface area contributed by atoms with Gasteiger partial charge >= 0.3 is 17.9 Å². The number of aromatic amines is 2. The van der Waals surface area contributed by atoms with Crippen LogP contribution in [-0.4, -0.2) is 90.9 Å². The predicted octanol–water partition coefficient (Wildman–Crippen LogP) is 4.87. The number of fused-ring (bicyclic) bond motifs is 2. The minimum absolute atomic E-state index is 0.0986. The van der Waals surface area contributed by atoms with E-state index in [-0.39, 0.29) is 17.2 Å². The standard InChI is InChI=1S/C21H22N2O4.C17H21N3O3/c1-14(24)26-18-9-5-4-7-16(18)21(25)27-19-10-6-8-17-20(19)15(13-22-17)11-12-23(2)3;1-20(2)9-8-11-10-18-12-4-3-5-14(16(11)12)23-17(22)13-6-7-15(21)19-13/h4-10,13,22H,11-12H2,1-3H3;3-5,10,13,18H,6-9H2,1-2H3,(H,19,21). The Labute approximate surface area is 290 Å². The fourth-order valence-corrected chi connectivity index (χ4v) is 5.70. The number of para-hydroxylation sites is 1. The van der Waals surface area contributed by atoms with Gasteiger partial charge in [-0.05, 0) is 95.0 Å². The Morgan fingerprint density at radius 3 is 1.78 bits per heavy atom. The van der Waals surface area contributed by atoms with Crippen LogP contribution in [0.2, 0.25) is 0 Å². The molecule has 5 aromatic rings. The third kappa shape index (κ3) is 8.95. The summed E-state index contributed by atoms with van der Waals surface area (Å²) in [5.74, 6) is -0.354. The molecule has 0 bridgehead atoms. The normalized spacial score (nSPS) is 14.1. The number of benzene rings is 3. The van der Waals surface area contributed by atoms with Crippen molar-refractivity contribution < 1.29 is 33.4 Å². The summed E-state index contributed by atoms with van der Waals surface area (Å²) in [4.78, 5) is 58.2. The van der Waals surface area contributed by atoms with Gasteiger partial charge in [-0.25, -0.2) is 9.59 Å². The van der Waals surface area contributed by atoms with Crippen molar-refractivity contribution >= 4 is 45.6 Å². The molecule has 50 heavy (non-hydrogen) atoms. The van der Waals surface area contributed by atoms with Gasteiger partial charge in [-0.2, -0.15) is 0 Å². The highest BCUT2D eigenvalue weighted by atomic mass is 16.6. The highest BCUT2D eigenvalue weighted by Crippen LogP contribution is 2.32. The van der Waals surface area contributed by atoms with Gasteiger partial charge in [-0.3, -0.25) is 9.59 Å². The Balaban J connectivity index is 0.000000197. The summed E-state index contributed by atoms with van der Waals surface area (Å²) >= 11 is 0. The van der Waals surface area contributed by atoms with Crippen molar-refractivity contribution in [2.75, 3.05) is 41.3 Å². The van der Waals surface area contributed by atoms with E-state index in [4.69, 9.17) is 14.2 Å². The molecule has 1 amide bonds. The number of amides is 1. The maximum absolute atomic E-state index is 12.7. The molecule has 0 radical (unpaired) electrons. The molecule has 12 nitrogen and oxygen atoms in total. The molecule has 1 atom stereocenters. The molecular weight excluding hydrogens is 638 g/mol. The van der Waals surface area contributed by atoms with Gasteiger partial charge in [0.25, 0.3) is 0 Å². The summed E-state index contributed by atoms with van der Waals surface area (Å²) in [5, 5.41) is 4.47. The van der Waals surface area contributed by atoms with E-state index in [1.807, 2.05) is 64.8 Å². The van der Waals surface area contributed by atoms with Crippen molar-refractivity contribution in [3.63, 3.8) is 0 Å². The molecule has 1 aliphatic heterocycles. The highest BCUT2D eigenvalue weighted by Gasteiger charge is 2.29. The van der Waals surface area contributed by atoms with E-state index in [1.54, 1.807) is 36.4 Å². The molecule has 6 rings (SSSR count). The van der Waals surface area contributed by atoms with Crippen molar-refractivity contribution in [1.29, 1.82) is 0 Å². The van der Waals surface area contributed by atoms with Gasteiger partial charge in [0.2, 0.25) is 5.91 Å². The van der Waals surface area contributed by atoms with Crippen molar-refractivity contribution in [2.45, 2.75) is 38.6 Å². The second kappa shape index (κ2) is 16.3.